The Morgan fingerprint density at radius 1 is 1.16 bits per heavy atom. The van der Waals surface area contributed by atoms with Gasteiger partial charge in [0.05, 0.1) is 18.3 Å². The molecule has 0 aliphatic heterocycles. The Kier molecular flexibility index (Phi) is 5.40. The lowest BCUT2D eigenvalue weighted by atomic mass is 10.1. The predicted molar refractivity (Wildman–Crippen MR) is 96.0 cm³/mol. The van der Waals surface area contributed by atoms with Crippen molar-refractivity contribution in [3.05, 3.63) is 59.5 Å². The van der Waals surface area contributed by atoms with Crippen LogP contribution < -0.4 is 5.32 Å². The minimum Gasteiger partial charge on any atom is -0.374 e. The second kappa shape index (κ2) is 7.90. The first-order valence-corrected chi connectivity index (χ1v) is 8.31. The molecule has 0 radical (unpaired) electrons. The Morgan fingerprint density at radius 2 is 2.00 bits per heavy atom. The lowest BCUT2D eigenvalue weighted by Gasteiger charge is -2.11. The SMILES string of the molecule is Cc1noc(-c2cccnc2NCc2cccc(COC(C)C)c2)n1. The number of anilines is 1. The van der Waals surface area contributed by atoms with E-state index in [4.69, 9.17) is 9.26 Å². The zero-order valence-corrected chi connectivity index (χ0v) is 14.7. The second-order valence-corrected chi connectivity index (χ2v) is 6.08. The van der Waals surface area contributed by atoms with Gasteiger partial charge < -0.3 is 14.6 Å². The minimum absolute atomic E-state index is 0.218. The van der Waals surface area contributed by atoms with Gasteiger partial charge in [0.1, 0.15) is 5.82 Å². The number of nitrogens with one attached hydrogen (secondary N) is 1. The highest BCUT2D eigenvalue weighted by atomic mass is 16.5. The summed E-state index contributed by atoms with van der Waals surface area (Å²) in [6, 6.07) is 12.1. The molecule has 6 heteroatoms. The second-order valence-electron chi connectivity index (χ2n) is 6.08. The smallest absolute Gasteiger partial charge is 0.261 e. The maximum absolute atomic E-state index is 5.66. The van der Waals surface area contributed by atoms with Gasteiger partial charge in [0.25, 0.3) is 5.89 Å². The lowest BCUT2D eigenvalue weighted by molar-refractivity contribution is 0.0657. The number of pyridine rings is 1. The number of ether oxygens (including phenoxy) is 1. The van der Waals surface area contributed by atoms with Crippen LogP contribution in [0, 0.1) is 6.92 Å². The van der Waals surface area contributed by atoms with Crippen LogP contribution in [0.2, 0.25) is 0 Å². The summed E-state index contributed by atoms with van der Waals surface area (Å²) in [7, 11) is 0. The van der Waals surface area contributed by atoms with E-state index in [0.29, 0.717) is 24.9 Å². The molecule has 3 rings (SSSR count). The molecule has 0 saturated carbocycles. The van der Waals surface area contributed by atoms with Gasteiger partial charge in [-0.15, -0.1) is 0 Å². The fraction of sp³-hybridized carbons (Fsp3) is 0.316. The van der Waals surface area contributed by atoms with Gasteiger partial charge in [0.2, 0.25) is 0 Å². The molecule has 1 N–H and O–H groups in total. The molecule has 0 amide bonds. The summed E-state index contributed by atoms with van der Waals surface area (Å²) < 4.78 is 10.9. The van der Waals surface area contributed by atoms with Crippen molar-refractivity contribution in [1.82, 2.24) is 15.1 Å². The molecule has 0 aliphatic carbocycles. The average Bonchev–Trinajstić information content (AvgIpc) is 3.05. The number of hydrogen-bond acceptors (Lipinski definition) is 6. The Bertz CT molecular complexity index is 830. The van der Waals surface area contributed by atoms with Gasteiger partial charge in [0, 0.05) is 12.7 Å². The monoisotopic (exact) mass is 338 g/mol. The van der Waals surface area contributed by atoms with Crippen molar-refractivity contribution >= 4 is 5.82 Å². The van der Waals surface area contributed by atoms with Gasteiger partial charge in [-0.1, -0.05) is 29.4 Å². The Morgan fingerprint density at radius 3 is 2.76 bits per heavy atom. The van der Waals surface area contributed by atoms with Crippen molar-refractivity contribution in [2.24, 2.45) is 0 Å². The standard InChI is InChI=1S/C19H22N4O2/c1-13(2)24-12-16-7-4-6-15(10-16)11-21-18-17(8-5-9-20-18)19-22-14(3)23-25-19/h4-10,13H,11-12H2,1-3H3,(H,20,21). The van der Waals surface area contributed by atoms with E-state index in [1.165, 1.54) is 0 Å². The summed E-state index contributed by atoms with van der Waals surface area (Å²) in [6.45, 7) is 7.12. The number of nitrogens with zero attached hydrogens (tertiary/aromatic N) is 3. The van der Waals surface area contributed by atoms with Crippen LogP contribution in [0.25, 0.3) is 11.5 Å². The Labute approximate surface area is 147 Å². The Balaban J connectivity index is 1.71. The molecule has 0 bridgehead atoms. The highest BCUT2D eigenvalue weighted by molar-refractivity contribution is 5.68. The van der Waals surface area contributed by atoms with E-state index in [-0.39, 0.29) is 6.10 Å². The van der Waals surface area contributed by atoms with Crippen molar-refractivity contribution in [2.75, 3.05) is 5.32 Å². The van der Waals surface area contributed by atoms with Crippen LogP contribution >= 0.6 is 0 Å². The first kappa shape index (κ1) is 17.1. The van der Waals surface area contributed by atoms with Crippen molar-refractivity contribution < 1.29 is 9.26 Å². The first-order valence-electron chi connectivity index (χ1n) is 8.31. The molecule has 130 valence electrons. The third kappa shape index (κ3) is 4.64. The molecule has 0 fully saturated rings. The number of rotatable bonds is 7. The third-order valence-corrected chi connectivity index (χ3v) is 3.60. The summed E-state index contributed by atoms with van der Waals surface area (Å²) in [5, 5.41) is 7.19. The zero-order chi connectivity index (χ0) is 17.6. The maximum Gasteiger partial charge on any atom is 0.261 e. The molecule has 0 saturated heterocycles. The van der Waals surface area contributed by atoms with Crippen molar-refractivity contribution in [1.29, 1.82) is 0 Å². The molecular formula is C19H22N4O2. The highest BCUT2D eigenvalue weighted by Crippen LogP contribution is 2.24. The average molecular weight is 338 g/mol. The fourth-order valence-electron chi connectivity index (χ4n) is 2.40. The summed E-state index contributed by atoms with van der Waals surface area (Å²) in [5.74, 6) is 1.78. The Hall–Kier alpha value is -2.73. The van der Waals surface area contributed by atoms with Crippen molar-refractivity contribution in [2.45, 2.75) is 40.0 Å². The molecule has 6 nitrogen and oxygen atoms in total. The largest absolute Gasteiger partial charge is 0.374 e. The van der Waals surface area contributed by atoms with Gasteiger partial charge in [0.15, 0.2) is 5.82 Å². The van der Waals surface area contributed by atoms with E-state index in [1.807, 2.05) is 32.0 Å². The normalized spacial score (nSPS) is 11.0. The van der Waals surface area contributed by atoms with Crippen LogP contribution in [0.5, 0.6) is 0 Å². The molecule has 0 atom stereocenters. The molecule has 2 heterocycles. The summed E-state index contributed by atoms with van der Waals surface area (Å²) in [6.07, 6.45) is 1.96. The van der Waals surface area contributed by atoms with Gasteiger partial charge in [-0.2, -0.15) is 4.98 Å². The maximum atomic E-state index is 5.66. The van der Waals surface area contributed by atoms with Crippen LogP contribution in [0.15, 0.2) is 47.1 Å². The van der Waals surface area contributed by atoms with Crippen LogP contribution in [-0.4, -0.2) is 21.2 Å². The van der Waals surface area contributed by atoms with E-state index >= 15 is 0 Å². The molecular weight excluding hydrogens is 316 g/mol. The van der Waals surface area contributed by atoms with Gasteiger partial charge >= 0.3 is 0 Å². The number of benzene rings is 1. The van der Waals surface area contributed by atoms with Crippen molar-refractivity contribution in [3.63, 3.8) is 0 Å². The predicted octanol–water partition coefficient (Wildman–Crippen LogP) is 3.98. The summed E-state index contributed by atoms with van der Waals surface area (Å²) >= 11 is 0. The molecule has 0 unspecified atom stereocenters. The fourth-order valence-corrected chi connectivity index (χ4v) is 2.40. The van der Waals surface area contributed by atoms with Crippen LogP contribution in [0.4, 0.5) is 5.82 Å². The quantitative estimate of drug-likeness (QED) is 0.702. The van der Waals surface area contributed by atoms with Crippen LogP contribution in [-0.2, 0) is 17.9 Å². The van der Waals surface area contributed by atoms with Crippen LogP contribution in [0.3, 0.4) is 0 Å². The van der Waals surface area contributed by atoms with Gasteiger partial charge in [-0.3, -0.25) is 0 Å². The first-order chi connectivity index (χ1) is 12.1. The van der Waals surface area contributed by atoms with Crippen molar-refractivity contribution in [3.8, 4) is 11.5 Å². The van der Waals surface area contributed by atoms with E-state index in [2.05, 4.69) is 38.6 Å². The summed E-state index contributed by atoms with van der Waals surface area (Å²) in [4.78, 5) is 8.67. The van der Waals surface area contributed by atoms with E-state index < -0.39 is 0 Å². The van der Waals surface area contributed by atoms with E-state index in [9.17, 15) is 0 Å². The van der Waals surface area contributed by atoms with Gasteiger partial charge in [-0.25, -0.2) is 4.98 Å². The molecule has 25 heavy (non-hydrogen) atoms. The van der Waals surface area contributed by atoms with Crippen LogP contribution in [0.1, 0.15) is 30.8 Å². The molecule has 1 aromatic carbocycles. The van der Waals surface area contributed by atoms with E-state index in [1.54, 1.807) is 13.1 Å². The lowest BCUT2D eigenvalue weighted by Crippen LogP contribution is -2.05. The number of aromatic nitrogens is 3. The number of aryl methyl sites for hydroxylation is 1. The molecule has 3 aromatic rings. The van der Waals surface area contributed by atoms with Gasteiger partial charge in [-0.05, 0) is 44.0 Å². The molecule has 2 aromatic heterocycles. The molecule has 0 spiro atoms. The summed E-state index contributed by atoms with van der Waals surface area (Å²) in [5.41, 5.74) is 3.10. The topological polar surface area (TPSA) is 73.1 Å². The third-order valence-electron chi connectivity index (χ3n) is 3.60. The number of hydrogen-bond donors (Lipinski definition) is 1. The molecule has 0 aliphatic rings. The minimum atomic E-state index is 0.218. The van der Waals surface area contributed by atoms with E-state index in [0.717, 1.165) is 22.5 Å². The highest BCUT2D eigenvalue weighted by Gasteiger charge is 2.12. The zero-order valence-electron chi connectivity index (χ0n) is 14.7.